The van der Waals surface area contributed by atoms with Gasteiger partial charge in [-0.1, -0.05) is 23.7 Å². The third-order valence-corrected chi connectivity index (χ3v) is 3.21. The van der Waals surface area contributed by atoms with Crippen molar-refractivity contribution in [2.24, 2.45) is 0 Å². The van der Waals surface area contributed by atoms with Crippen molar-refractivity contribution in [1.29, 1.82) is 5.26 Å². The van der Waals surface area contributed by atoms with Crippen LogP contribution in [0.15, 0.2) is 36.4 Å². The molecule has 0 saturated heterocycles. The first-order valence-electron chi connectivity index (χ1n) is 5.64. The lowest BCUT2D eigenvalue weighted by Crippen LogP contribution is -1.97. The second-order valence-corrected chi connectivity index (χ2v) is 4.61. The highest BCUT2D eigenvalue weighted by atomic mass is 35.5. The third-order valence-electron chi connectivity index (χ3n) is 2.98. The molecule has 2 aromatic carbocycles. The van der Waals surface area contributed by atoms with Crippen LogP contribution < -0.4 is 5.32 Å². The molecule has 18 heavy (non-hydrogen) atoms. The molecule has 2 aromatic rings. The van der Waals surface area contributed by atoms with Gasteiger partial charge in [0.25, 0.3) is 0 Å². The highest BCUT2D eigenvalue weighted by molar-refractivity contribution is 6.30. The average Bonchev–Trinajstić information content (AvgIpc) is 2.37. The minimum Gasteiger partial charge on any atom is -0.354 e. The smallest absolute Gasteiger partial charge is 0.101 e. The van der Waals surface area contributed by atoms with Gasteiger partial charge in [-0.25, -0.2) is 0 Å². The molecule has 90 valence electrons. The summed E-state index contributed by atoms with van der Waals surface area (Å²) in [4.78, 5) is 0. The van der Waals surface area contributed by atoms with Crippen molar-refractivity contribution in [3.05, 3.63) is 58.1 Å². The van der Waals surface area contributed by atoms with Gasteiger partial charge in [0, 0.05) is 10.7 Å². The van der Waals surface area contributed by atoms with Crippen molar-refractivity contribution >= 4 is 23.0 Å². The number of nitriles is 1. The largest absolute Gasteiger partial charge is 0.354 e. The normalized spacial score (nSPS) is 9.89. The van der Waals surface area contributed by atoms with Gasteiger partial charge in [0.05, 0.1) is 11.3 Å². The summed E-state index contributed by atoms with van der Waals surface area (Å²) in [6, 6.07) is 13.5. The fourth-order valence-corrected chi connectivity index (χ4v) is 1.92. The van der Waals surface area contributed by atoms with E-state index in [1.165, 1.54) is 11.1 Å². The van der Waals surface area contributed by atoms with Crippen molar-refractivity contribution in [2.45, 2.75) is 13.8 Å². The number of rotatable bonds is 2. The van der Waals surface area contributed by atoms with Crippen LogP contribution in [0.3, 0.4) is 0 Å². The number of halogens is 1. The van der Waals surface area contributed by atoms with Crippen LogP contribution in [0.25, 0.3) is 0 Å². The highest BCUT2D eigenvalue weighted by Crippen LogP contribution is 2.26. The summed E-state index contributed by atoms with van der Waals surface area (Å²) in [6.45, 7) is 4.12. The van der Waals surface area contributed by atoms with E-state index in [9.17, 15) is 0 Å². The first-order chi connectivity index (χ1) is 8.61. The van der Waals surface area contributed by atoms with E-state index in [0.717, 1.165) is 11.4 Å². The second kappa shape index (κ2) is 5.12. The lowest BCUT2D eigenvalue weighted by Gasteiger charge is -2.12. The van der Waals surface area contributed by atoms with Crippen LogP contribution in [-0.2, 0) is 0 Å². The monoisotopic (exact) mass is 256 g/mol. The molecule has 2 rings (SSSR count). The molecule has 0 amide bonds. The predicted molar refractivity (Wildman–Crippen MR) is 75.4 cm³/mol. The SMILES string of the molecule is Cc1cccc(Nc2ccc(Cl)cc2C#N)c1C. The molecule has 0 fully saturated rings. The summed E-state index contributed by atoms with van der Waals surface area (Å²) in [5.74, 6) is 0. The Hall–Kier alpha value is -1.98. The van der Waals surface area contributed by atoms with Crippen LogP contribution in [0.1, 0.15) is 16.7 Å². The molecule has 0 unspecified atom stereocenters. The molecule has 0 radical (unpaired) electrons. The van der Waals surface area contributed by atoms with E-state index >= 15 is 0 Å². The molecular weight excluding hydrogens is 244 g/mol. The zero-order chi connectivity index (χ0) is 13.1. The van der Waals surface area contributed by atoms with Gasteiger partial charge in [0.2, 0.25) is 0 Å². The van der Waals surface area contributed by atoms with Crippen LogP contribution >= 0.6 is 11.6 Å². The maximum absolute atomic E-state index is 9.10. The van der Waals surface area contributed by atoms with E-state index in [1.54, 1.807) is 12.1 Å². The van der Waals surface area contributed by atoms with Crippen molar-refractivity contribution in [2.75, 3.05) is 5.32 Å². The Morgan fingerprint density at radius 3 is 2.61 bits per heavy atom. The number of hydrogen-bond acceptors (Lipinski definition) is 2. The van der Waals surface area contributed by atoms with Crippen LogP contribution in [0, 0.1) is 25.2 Å². The molecule has 0 bridgehead atoms. The molecule has 2 nitrogen and oxygen atoms in total. The number of anilines is 2. The molecule has 0 aliphatic rings. The zero-order valence-corrected chi connectivity index (χ0v) is 11.0. The zero-order valence-electron chi connectivity index (χ0n) is 10.3. The number of benzene rings is 2. The molecule has 0 heterocycles. The van der Waals surface area contributed by atoms with E-state index in [0.29, 0.717) is 10.6 Å². The average molecular weight is 257 g/mol. The van der Waals surface area contributed by atoms with Gasteiger partial charge in [-0.15, -0.1) is 0 Å². The van der Waals surface area contributed by atoms with Gasteiger partial charge in [0.1, 0.15) is 6.07 Å². The fourth-order valence-electron chi connectivity index (χ4n) is 1.75. The highest BCUT2D eigenvalue weighted by Gasteiger charge is 2.05. The first-order valence-corrected chi connectivity index (χ1v) is 6.02. The van der Waals surface area contributed by atoms with Gasteiger partial charge in [0.15, 0.2) is 0 Å². The van der Waals surface area contributed by atoms with Crippen LogP contribution in [0.4, 0.5) is 11.4 Å². The summed E-state index contributed by atoms with van der Waals surface area (Å²) in [6.07, 6.45) is 0. The third kappa shape index (κ3) is 2.47. The fraction of sp³-hybridized carbons (Fsp3) is 0.133. The lowest BCUT2D eigenvalue weighted by atomic mass is 10.1. The predicted octanol–water partition coefficient (Wildman–Crippen LogP) is 4.57. The summed E-state index contributed by atoms with van der Waals surface area (Å²) < 4.78 is 0. The van der Waals surface area contributed by atoms with E-state index in [4.69, 9.17) is 16.9 Å². The van der Waals surface area contributed by atoms with Crippen molar-refractivity contribution in [3.8, 4) is 6.07 Å². The summed E-state index contributed by atoms with van der Waals surface area (Å²) >= 11 is 5.88. The molecule has 0 aliphatic heterocycles. The van der Waals surface area contributed by atoms with E-state index in [-0.39, 0.29) is 0 Å². The van der Waals surface area contributed by atoms with Crippen LogP contribution in [-0.4, -0.2) is 0 Å². The van der Waals surface area contributed by atoms with E-state index < -0.39 is 0 Å². The number of aryl methyl sites for hydroxylation is 1. The molecule has 0 atom stereocenters. The number of nitrogens with one attached hydrogen (secondary N) is 1. The Morgan fingerprint density at radius 1 is 1.11 bits per heavy atom. The molecule has 0 spiro atoms. The van der Waals surface area contributed by atoms with Crippen molar-refractivity contribution in [1.82, 2.24) is 0 Å². The molecule has 3 heteroatoms. The van der Waals surface area contributed by atoms with Crippen molar-refractivity contribution in [3.63, 3.8) is 0 Å². The Kier molecular flexibility index (Phi) is 3.55. The summed E-state index contributed by atoms with van der Waals surface area (Å²) in [5.41, 5.74) is 4.72. The quantitative estimate of drug-likeness (QED) is 0.854. The topological polar surface area (TPSA) is 35.8 Å². The maximum atomic E-state index is 9.10. The Labute approximate surface area is 112 Å². The summed E-state index contributed by atoms with van der Waals surface area (Å²) in [5, 5.41) is 12.9. The second-order valence-electron chi connectivity index (χ2n) is 4.17. The number of hydrogen-bond donors (Lipinski definition) is 1. The molecular formula is C15H13ClN2. The van der Waals surface area contributed by atoms with Gasteiger partial charge in [-0.3, -0.25) is 0 Å². The van der Waals surface area contributed by atoms with Crippen molar-refractivity contribution < 1.29 is 0 Å². The van der Waals surface area contributed by atoms with E-state index in [2.05, 4.69) is 31.3 Å². The molecule has 0 saturated carbocycles. The lowest BCUT2D eigenvalue weighted by molar-refractivity contribution is 1.33. The first kappa shape index (κ1) is 12.5. The molecule has 0 aromatic heterocycles. The minimum absolute atomic E-state index is 0.545. The maximum Gasteiger partial charge on any atom is 0.101 e. The number of nitrogens with zero attached hydrogens (tertiary/aromatic N) is 1. The molecule has 0 aliphatic carbocycles. The summed E-state index contributed by atoms with van der Waals surface area (Å²) in [7, 11) is 0. The Bertz CT molecular complexity index is 627. The standard InChI is InChI=1S/C15H13ClN2/c1-10-4-3-5-14(11(10)2)18-15-7-6-13(16)8-12(15)9-17/h3-8,18H,1-2H3. The van der Waals surface area contributed by atoms with Crippen LogP contribution in [0.2, 0.25) is 5.02 Å². The Balaban J connectivity index is 2.41. The molecule has 1 N–H and O–H groups in total. The van der Waals surface area contributed by atoms with E-state index in [1.807, 2.05) is 18.2 Å². The van der Waals surface area contributed by atoms with Crippen LogP contribution in [0.5, 0.6) is 0 Å². The van der Waals surface area contributed by atoms with Gasteiger partial charge >= 0.3 is 0 Å². The van der Waals surface area contributed by atoms with Gasteiger partial charge in [-0.05, 0) is 49.2 Å². The van der Waals surface area contributed by atoms with Gasteiger partial charge < -0.3 is 5.32 Å². The van der Waals surface area contributed by atoms with Gasteiger partial charge in [-0.2, -0.15) is 5.26 Å². The minimum atomic E-state index is 0.545. The Morgan fingerprint density at radius 2 is 1.89 bits per heavy atom.